The number of hydrogen-bond acceptors (Lipinski definition) is 0. The van der Waals surface area contributed by atoms with Crippen LogP contribution >= 0.6 is 0 Å². The van der Waals surface area contributed by atoms with E-state index in [1.807, 2.05) is 60.7 Å². The zero-order valence-corrected chi connectivity index (χ0v) is 25.9. The van der Waals surface area contributed by atoms with Crippen LogP contribution in [0.25, 0.3) is 21.5 Å². The van der Waals surface area contributed by atoms with E-state index in [2.05, 4.69) is 111 Å². The van der Waals surface area contributed by atoms with Crippen LogP contribution in [0.1, 0.15) is 13.8 Å². The first kappa shape index (κ1) is 31.2. The summed E-state index contributed by atoms with van der Waals surface area (Å²) >= 11 is 0. The van der Waals surface area contributed by atoms with Gasteiger partial charge in [0.25, 0.3) is 0 Å². The third kappa shape index (κ3) is 13.9. The van der Waals surface area contributed by atoms with Crippen molar-refractivity contribution in [1.29, 1.82) is 0 Å². The van der Waals surface area contributed by atoms with Crippen LogP contribution in [0.4, 0.5) is 0 Å². The van der Waals surface area contributed by atoms with Crippen LogP contribution in [0.3, 0.4) is 0 Å². The van der Waals surface area contributed by atoms with Crippen LogP contribution in [0.2, 0.25) is 12.1 Å². The molecule has 2 heteroatoms. The monoisotopic (exact) mass is 650 g/mol. The summed E-state index contributed by atoms with van der Waals surface area (Å²) in [5.74, 6) is 0. The normalized spacial score (nSPS) is 8.94. The van der Waals surface area contributed by atoms with Gasteiger partial charge in [-0.2, -0.15) is 108 Å². The SMILES string of the molecule is CC[Si]CC.[Hf+4].[c-]1ccccc1.[c-]1ccccc1.c1ccc2[cH-]ccc2c1.c1ccc2[cH-]ccc2c1. The molecule has 0 bridgehead atoms. The third-order valence-electron chi connectivity index (χ3n) is 4.81. The van der Waals surface area contributed by atoms with E-state index in [1.54, 1.807) is 0 Å². The van der Waals surface area contributed by atoms with Crippen molar-refractivity contribution in [3.63, 3.8) is 0 Å². The van der Waals surface area contributed by atoms with Gasteiger partial charge in [0.2, 0.25) is 0 Å². The Labute approximate surface area is 239 Å². The summed E-state index contributed by atoms with van der Waals surface area (Å²) in [5, 5.41) is 5.32. The van der Waals surface area contributed by atoms with E-state index in [1.165, 1.54) is 43.2 Å². The average Bonchev–Trinajstić information content (AvgIpc) is 3.62. The Morgan fingerprint density at radius 3 is 1.17 bits per heavy atom. The van der Waals surface area contributed by atoms with Gasteiger partial charge in [-0.3, -0.25) is 0 Å². The van der Waals surface area contributed by atoms with Crippen molar-refractivity contribution in [1.82, 2.24) is 0 Å². The smallest absolute Gasteiger partial charge is 0.184 e. The Hall–Kier alpha value is -2.81. The second kappa shape index (κ2) is 21.5. The van der Waals surface area contributed by atoms with Crippen LogP contribution < -0.4 is 0 Å². The minimum atomic E-state index is 0. The first-order valence-electron chi connectivity index (χ1n) is 12.1. The molecule has 0 amide bonds. The number of fused-ring (bicyclic) bond motifs is 2. The Kier molecular flexibility index (Phi) is 18.6. The third-order valence-corrected chi connectivity index (χ3v) is 5.81. The van der Waals surface area contributed by atoms with Gasteiger partial charge in [0.05, 0.1) is 0 Å². The molecule has 6 rings (SSSR count). The summed E-state index contributed by atoms with van der Waals surface area (Å²) in [6.45, 7) is 4.45. The van der Waals surface area contributed by atoms with E-state index in [9.17, 15) is 0 Å². The summed E-state index contributed by atoms with van der Waals surface area (Å²) in [4.78, 5) is 0. The van der Waals surface area contributed by atoms with Crippen molar-refractivity contribution < 1.29 is 25.8 Å². The predicted octanol–water partition coefficient (Wildman–Crippen LogP) is 9.66. The summed E-state index contributed by atoms with van der Waals surface area (Å²) in [5.41, 5.74) is 0. The van der Waals surface area contributed by atoms with E-state index >= 15 is 0 Å². The van der Waals surface area contributed by atoms with Crippen molar-refractivity contribution in [3.05, 3.63) is 158 Å². The van der Waals surface area contributed by atoms with Crippen molar-refractivity contribution >= 4 is 31.1 Å². The van der Waals surface area contributed by atoms with Gasteiger partial charge in [-0.25, -0.2) is 0 Å². The maximum absolute atomic E-state index is 2.89. The zero-order chi connectivity index (χ0) is 24.8. The Morgan fingerprint density at radius 1 is 0.528 bits per heavy atom. The van der Waals surface area contributed by atoms with Gasteiger partial charge in [-0.05, 0) is 0 Å². The van der Waals surface area contributed by atoms with Crippen molar-refractivity contribution in [2.75, 3.05) is 0 Å². The first-order valence-corrected chi connectivity index (χ1v) is 13.5. The maximum atomic E-state index is 2.89. The minimum absolute atomic E-state index is 0. The van der Waals surface area contributed by atoms with Gasteiger partial charge in [0.1, 0.15) is 0 Å². The average molecular weight is 649 g/mol. The van der Waals surface area contributed by atoms with Gasteiger partial charge in [-0.15, -0.1) is 59.3 Å². The molecule has 0 aliphatic carbocycles. The van der Waals surface area contributed by atoms with Crippen LogP contribution in [-0.4, -0.2) is 9.52 Å². The molecule has 0 aliphatic heterocycles. The molecule has 0 saturated heterocycles. The van der Waals surface area contributed by atoms with Crippen molar-refractivity contribution in [3.8, 4) is 0 Å². The maximum Gasteiger partial charge on any atom is 4.00 e. The molecule has 0 saturated carbocycles. The van der Waals surface area contributed by atoms with E-state index in [-0.39, 0.29) is 25.8 Å². The molecular weight excluding hydrogens is 615 g/mol. The molecule has 0 spiro atoms. The van der Waals surface area contributed by atoms with Gasteiger partial charge in [-0.1, -0.05) is 38.1 Å². The Bertz CT molecular complexity index is 1030. The Morgan fingerprint density at radius 2 is 0.917 bits per heavy atom. The standard InChI is InChI=1S/2C9H7.2C6H5.C4H10Si.Hf/c2*1-2-5-9-7-3-6-8(9)4-1;2*1-2-4-6-5-3-1;1-3-5-4-2;/h2*1-7H;2*1-5H;3-4H2,1-2H3;/q4*-1;;+4. The van der Waals surface area contributed by atoms with Crippen molar-refractivity contribution in [2.24, 2.45) is 0 Å². The predicted molar refractivity (Wildman–Crippen MR) is 156 cm³/mol. The second-order valence-corrected chi connectivity index (χ2v) is 9.34. The van der Waals surface area contributed by atoms with E-state index in [4.69, 9.17) is 0 Å². The molecular formula is C34H34HfSi. The molecule has 0 atom stereocenters. The molecule has 36 heavy (non-hydrogen) atoms. The van der Waals surface area contributed by atoms with Gasteiger partial charge in [0, 0.05) is 9.52 Å². The van der Waals surface area contributed by atoms with E-state index in [0.717, 1.165) is 0 Å². The second-order valence-electron chi connectivity index (χ2n) is 7.42. The summed E-state index contributed by atoms with van der Waals surface area (Å²) in [6.07, 6.45) is 0. The number of rotatable bonds is 2. The van der Waals surface area contributed by atoms with Crippen LogP contribution in [0, 0.1) is 12.1 Å². The molecule has 0 aromatic heterocycles. The largest absolute Gasteiger partial charge is 4.00 e. The first-order chi connectivity index (χ1) is 17.3. The Balaban J connectivity index is 0.000000229. The molecule has 0 unspecified atom stereocenters. The molecule has 0 N–H and O–H groups in total. The fraction of sp³-hybridized carbons (Fsp3) is 0.118. The summed E-state index contributed by atoms with van der Waals surface area (Å²) in [7, 11) is 1.20. The molecule has 0 nitrogen and oxygen atoms in total. The molecule has 0 fully saturated rings. The van der Waals surface area contributed by atoms with E-state index < -0.39 is 0 Å². The molecule has 2 radical (unpaired) electrons. The van der Waals surface area contributed by atoms with Gasteiger partial charge in [0.15, 0.2) is 0 Å². The van der Waals surface area contributed by atoms with Crippen LogP contribution in [0.5, 0.6) is 0 Å². The van der Waals surface area contributed by atoms with Gasteiger partial charge >= 0.3 is 25.8 Å². The molecule has 0 aliphatic rings. The topological polar surface area (TPSA) is 0 Å². The van der Waals surface area contributed by atoms with Crippen LogP contribution in [0.15, 0.2) is 146 Å². The van der Waals surface area contributed by atoms with Crippen molar-refractivity contribution in [2.45, 2.75) is 25.9 Å². The van der Waals surface area contributed by atoms with E-state index in [0.29, 0.717) is 0 Å². The van der Waals surface area contributed by atoms with Crippen LogP contribution in [-0.2, 0) is 25.8 Å². The molecule has 178 valence electrons. The molecule has 0 heterocycles. The molecule has 6 aromatic carbocycles. The summed E-state index contributed by atoms with van der Waals surface area (Å²) in [6, 6.07) is 57.1. The number of hydrogen-bond donors (Lipinski definition) is 0. The number of benzene rings is 4. The molecule has 6 aromatic rings. The summed E-state index contributed by atoms with van der Waals surface area (Å²) < 4.78 is 0. The zero-order valence-electron chi connectivity index (χ0n) is 21.3. The minimum Gasteiger partial charge on any atom is -0.184 e. The van der Waals surface area contributed by atoms with Gasteiger partial charge < -0.3 is 0 Å². The quantitative estimate of drug-likeness (QED) is 0.130. The fourth-order valence-corrected chi connectivity index (χ4v) is 3.57. The fourth-order valence-electron chi connectivity index (χ4n) is 3.07.